The maximum Gasteiger partial charge on any atom is 0.325 e. The Kier molecular flexibility index (Phi) is 5.86. The van der Waals surface area contributed by atoms with Gasteiger partial charge in [0.1, 0.15) is 11.4 Å². The number of rotatable bonds is 6. The SMILES string of the molecule is O=C(CCCN1C(=O)NC2(CCCC2)C1=O)Nc1cccc(-c2nnc3n2CCCCC3)c1. The monoisotopic (exact) mass is 450 g/mol. The van der Waals surface area contributed by atoms with Crippen LogP contribution < -0.4 is 10.6 Å². The van der Waals surface area contributed by atoms with Crippen molar-refractivity contribution in [3.05, 3.63) is 30.1 Å². The molecule has 2 aromatic rings. The summed E-state index contributed by atoms with van der Waals surface area (Å²) in [4.78, 5) is 38.8. The van der Waals surface area contributed by atoms with E-state index in [1.165, 1.54) is 11.3 Å². The molecule has 4 amide bonds. The number of nitrogens with one attached hydrogen (secondary N) is 2. The predicted molar refractivity (Wildman–Crippen MR) is 122 cm³/mol. The number of nitrogens with zero attached hydrogens (tertiary/aromatic N) is 4. The molecular formula is C24H30N6O3. The zero-order valence-corrected chi connectivity index (χ0v) is 18.8. The third-order valence-corrected chi connectivity index (χ3v) is 7.00. The highest BCUT2D eigenvalue weighted by Gasteiger charge is 2.52. The number of amides is 4. The molecular weight excluding hydrogens is 420 g/mol. The standard InChI is InChI=1S/C24H30N6O3/c31-20(11-7-15-30-22(32)24(26-23(30)33)12-3-4-13-24)25-18-9-6-8-17(16-18)21-28-27-19-10-2-1-5-14-29(19)21/h6,8-9,16H,1-5,7,10-15H2,(H,25,31)(H,26,33). The van der Waals surface area contributed by atoms with E-state index in [2.05, 4.69) is 25.4 Å². The molecule has 9 nitrogen and oxygen atoms in total. The lowest BCUT2D eigenvalue weighted by Crippen LogP contribution is -2.44. The number of hydrogen-bond donors (Lipinski definition) is 2. The van der Waals surface area contributed by atoms with Crippen LogP contribution in [0.15, 0.2) is 24.3 Å². The molecule has 3 aliphatic rings. The third kappa shape index (κ3) is 4.24. The second-order valence-corrected chi connectivity index (χ2v) is 9.31. The van der Waals surface area contributed by atoms with Crippen molar-refractivity contribution < 1.29 is 14.4 Å². The first-order valence-corrected chi connectivity index (χ1v) is 12.0. The molecule has 0 radical (unpaired) electrons. The summed E-state index contributed by atoms with van der Waals surface area (Å²) in [5, 5.41) is 14.6. The number of hydrogen-bond acceptors (Lipinski definition) is 5. The molecule has 5 rings (SSSR count). The van der Waals surface area contributed by atoms with E-state index in [4.69, 9.17) is 0 Å². The molecule has 1 aromatic heterocycles. The summed E-state index contributed by atoms with van der Waals surface area (Å²) in [5.41, 5.74) is 0.928. The molecule has 9 heteroatoms. The van der Waals surface area contributed by atoms with Crippen molar-refractivity contribution in [2.45, 2.75) is 76.3 Å². The van der Waals surface area contributed by atoms with E-state index >= 15 is 0 Å². The number of fused-ring (bicyclic) bond motifs is 1. The topological polar surface area (TPSA) is 109 Å². The van der Waals surface area contributed by atoms with Crippen LogP contribution in [0.4, 0.5) is 10.5 Å². The van der Waals surface area contributed by atoms with E-state index in [0.717, 1.165) is 55.9 Å². The molecule has 33 heavy (non-hydrogen) atoms. The Hall–Kier alpha value is -3.23. The molecule has 0 atom stereocenters. The van der Waals surface area contributed by atoms with Crippen LogP contribution in [0.2, 0.25) is 0 Å². The van der Waals surface area contributed by atoms with Crippen LogP contribution in [0, 0.1) is 0 Å². The first-order valence-electron chi connectivity index (χ1n) is 12.0. The van der Waals surface area contributed by atoms with Crippen LogP contribution in [0.25, 0.3) is 11.4 Å². The molecule has 1 spiro atoms. The summed E-state index contributed by atoms with van der Waals surface area (Å²) in [6.45, 7) is 1.17. The van der Waals surface area contributed by atoms with E-state index in [1.807, 2.05) is 24.3 Å². The van der Waals surface area contributed by atoms with E-state index < -0.39 is 5.54 Å². The van der Waals surface area contributed by atoms with Crippen LogP contribution in [0.5, 0.6) is 0 Å². The van der Waals surface area contributed by atoms with Crippen molar-refractivity contribution in [3.63, 3.8) is 0 Å². The van der Waals surface area contributed by atoms with Crippen LogP contribution in [0.1, 0.15) is 63.6 Å². The lowest BCUT2D eigenvalue weighted by molar-refractivity contribution is -0.131. The summed E-state index contributed by atoms with van der Waals surface area (Å²) >= 11 is 0. The highest BCUT2D eigenvalue weighted by molar-refractivity contribution is 6.07. The third-order valence-electron chi connectivity index (χ3n) is 7.00. The largest absolute Gasteiger partial charge is 0.326 e. The van der Waals surface area contributed by atoms with Crippen molar-refractivity contribution in [2.24, 2.45) is 0 Å². The van der Waals surface area contributed by atoms with Gasteiger partial charge in [-0.3, -0.25) is 14.5 Å². The fourth-order valence-corrected chi connectivity index (χ4v) is 5.25. The Morgan fingerprint density at radius 3 is 2.79 bits per heavy atom. The molecule has 1 saturated heterocycles. The van der Waals surface area contributed by atoms with E-state index in [1.54, 1.807) is 0 Å². The normalized spacial score (nSPS) is 19.5. The molecule has 2 aliphatic heterocycles. The molecule has 1 saturated carbocycles. The Labute approximate surface area is 192 Å². The summed E-state index contributed by atoms with van der Waals surface area (Å²) in [6, 6.07) is 7.32. The smallest absolute Gasteiger partial charge is 0.325 e. The Balaban J connectivity index is 1.17. The Bertz CT molecular complexity index is 1070. The van der Waals surface area contributed by atoms with Gasteiger partial charge in [0.15, 0.2) is 5.82 Å². The Morgan fingerprint density at radius 1 is 1.09 bits per heavy atom. The molecule has 174 valence electrons. The van der Waals surface area contributed by atoms with Gasteiger partial charge in [-0.1, -0.05) is 31.4 Å². The summed E-state index contributed by atoms with van der Waals surface area (Å²) in [7, 11) is 0. The highest BCUT2D eigenvalue weighted by atomic mass is 16.2. The van der Waals surface area contributed by atoms with Gasteiger partial charge < -0.3 is 15.2 Å². The summed E-state index contributed by atoms with van der Waals surface area (Å²) in [5.74, 6) is 1.58. The molecule has 1 aliphatic carbocycles. The van der Waals surface area contributed by atoms with Gasteiger partial charge in [0.25, 0.3) is 5.91 Å². The molecule has 2 N–H and O–H groups in total. The fourth-order valence-electron chi connectivity index (χ4n) is 5.25. The molecule has 1 aromatic carbocycles. The first kappa shape index (κ1) is 21.6. The summed E-state index contributed by atoms with van der Waals surface area (Å²) in [6.07, 6.45) is 8.39. The second-order valence-electron chi connectivity index (χ2n) is 9.31. The van der Waals surface area contributed by atoms with E-state index in [0.29, 0.717) is 24.9 Å². The minimum atomic E-state index is -0.695. The predicted octanol–water partition coefficient (Wildman–Crippen LogP) is 3.25. The minimum Gasteiger partial charge on any atom is -0.326 e. The van der Waals surface area contributed by atoms with Gasteiger partial charge >= 0.3 is 6.03 Å². The number of aromatic nitrogens is 3. The number of benzene rings is 1. The molecule has 2 fully saturated rings. The maximum atomic E-state index is 12.7. The van der Waals surface area contributed by atoms with Crippen LogP contribution in [0.3, 0.4) is 0 Å². The molecule has 0 unspecified atom stereocenters. The minimum absolute atomic E-state index is 0.134. The number of imide groups is 1. The Morgan fingerprint density at radius 2 is 1.94 bits per heavy atom. The second kappa shape index (κ2) is 8.96. The zero-order chi connectivity index (χ0) is 22.8. The molecule has 3 heterocycles. The first-order chi connectivity index (χ1) is 16.1. The van der Waals surface area contributed by atoms with Gasteiger partial charge in [-0.05, 0) is 44.2 Å². The average Bonchev–Trinajstić information content (AvgIpc) is 3.44. The lowest BCUT2D eigenvalue weighted by Gasteiger charge is -2.19. The van der Waals surface area contributed by atoms with Gasteiger partial charge in [-0.25, -0.2) is 4.79 Å². The average molecular weight is 451 g/mol. The van der Waals surface area contributed by atoms with Crippen molar-refractivity contribution in [2.75, 3.05) is 11.9 Å². The number of anilines is 1. The zero-order valence-electron chi connectivity index (χ0n) is 18.8. The quantitative estimate of drug-likeness (QED) is 0.657. The van der Waals surface area contributed by atoms with Gasteiger partial charge in [0.2, 0.25) is 5.91 Å². The van der Waals surface area contributed by atoms with Crippen LogP contribution in [-0.4, -0.2) is 49.6 Å². The van der Waals surface area contributed by atoms with Crippen molar-refractivity contribution >= 4 is 23.5 Å². The number of aryl methyl sites for hydroxylation is 1. The van der Waals surface area contributed by atoms with Crippen molar-refractivity contribution in [1.29, 1.82) is 0 Å². The molecule has 0 bridgehead atoms. The van der Waals surface area contributed by atoms with Gasteiger partial charge in [0, 0.05) is 37.2 Å². The van der Waals surface area contributed by atoms with Gasteiger partial charge in [0.05, 0.1) is 0 Å². The van der Waals surface area contributed by atoms with E-state index in [9.17, 15) is 14.4 Å². The fraction of sp³-hybridized carbons (Fsp3) is 0.542. The summed E-state index contributed by atoms with van der Waals surface area (Å²) < 4.78 is 2.18. The number of urea groups is 1. The van der Waals surface area contributed by atoms with Gasteiger partial charge in [-0.15, -0.1) is 10.2 Å². The number of carbonyl (C=O) groups is 3. The van der Waals surface area contributed by atoms with Crippen LogP contribution in [-0.2, 0) is 22.6 Å². The van der Waals surface area contributed by atoms with Gasteiger partial charge in [-0.2, -0.15) is 0 Å². The maximum absolute atomic E-state index is 12.7. The van der Waals surface area contributed by atoms with E-state index in [-0.39, 0.29) is 30.8 Å². The highest BCUT2D eigenvalue weighted by Crippen LogP contribution is 2.35. The van der Waals surface area contributed by atoms with Crippen LogP contribution >= 0.6 is 0 Å². The lowest BCUT2D eigenvalue weighted by atomic mass is 9.98. The van der Waals surface area contributed by atoms with Crippen molar-refractivity contribution in [3.8, 4) is 11.4 Å². The number of carbonyl (C=O) groups excluding carboxylic acids is 3. The van der Waals surface area contributed by atoms with Crippen molar-refractivity contribution in [1.82, 2.24) is 25.0 Å².